The van der Waals surface area contributed by atoms with Gasteiger partial charge in [-0.05, 0) is 26.8 Å². The topological polar surface area (TPSA) is 64.4 Å². The molecule has 0 fully saturated rings. The number of nitro benzene ring substituents is 1. The summed E-state index contributed by atoms with van der Waals surface area (Å²) in [7, 11) is 0. The van der Waals surface area contributed by atoms with Gasteiger partial charge in [-0.2, -0.15) is 0 Å². The van der Waals surface area contributed by atoms with Crippen LogP contribution in [0.4, 0.5) is 11.4 Å². The van der Waals surface area contributed by atoms with Gasteiger partial charge in [0, 0.05) is 17.8 Å². The first-order valence-electron chi connectivity index (χ1n) is 5.57. The van der Waals surface area contributed by atoms with E-state index in [1.54, 1.807) is 19.1 Å². The molecule has 0 spiro atoms. The summed E-state index contributed by atoms with van der Waals surface area (Å²) in [6, 6.07) is 4.60. The molecule has 0 saturated heterocycles. The van der Waals surface area contributed by atoms with Gasteiger partial charge in [0.25, 0.3) is 0 Å². The molecule has 0 aromatic heterocycles. The lowest BCUT2D eigenvalue weighted by Gasteiger charge is -2.21. The SMILES string of the molecule is C#CC(C)(C)Nc1ccc([N+](=O)[O-])c(OCC)c1. The number of ether oxygens (including phenoxy) is 1. The first-order valence-corrected chi connectivity index (χ1v) is 5.57. The van der Waals surface area contributed by atoms with Gasteiger partial charge in [0.2, 0.25) is 0 Å². The van der Waals surface area contributed by atoms with E-state index >= 15 is 0 Å². The molecule has 0 radical (unpaired) electrons. The second-order valence-corrected chi connectivity index (χ2v) is 4.27. The Hall–Kier alpha value is -2.22. The molecular weight excluding hydrogens is 232 g/mol. The van der Waals surface area contributed by atoms with Gasteiger partial charge in [-0.3, -0.25) is 10.1 Å². The van der Waals surface area contributed by atoms with E-state index in [9.17, 15) is 10.1 Å². The number of nitrogens with one attached hydrogen (secondary N) is 1. The fourth-order valence-corrected chi connectivity index (χ4v) is 1.41. The minimum atomic E-state index is -0.528. The van der Waals surface area contributed by atoms with Gasteiger partial charge >= 0.3 is 5.69 Å². The van der Waals surface area contributed by atoms with Gasteiger partial charge in [0.15, 0.2) is 5.75 Å². The van der Waals surface area contributed by atoms with Crippen LogP contribution in [0.15, 0.2) is 18.2 Å². The molecule has 0 amide bonds. The molecule has 5 heteroatoms. The molecule has 0 aliphatic heterocycles. The molecule has 0 saturated carbocycles. The van der Waals surface area contributed by atoms with E-state index in [4.69, 9.17) is 11.2 Å². The molecule has 5 nitrogen and oxygen atoms in total. The Morgan fingerprint density at radius 3 is 2.72 bits per heavy atom. The molecule has 1 N–H and O–H groups in total. The Bertz CT molecular complexity index is 489. The standard InChI is InChI=1S/C13H16N2O3/c1-5-13(3,4)14-10-7-8-11(15(16)17)12(9-10)18-6-2/h1,7-9,14H,6H2,2-4H3. The first kappa shape index (κ1) is 13.8. The summed E-state index contributed by atoms with van der Waals surface area (Å²) in [6.07, 6.45) is 5.38. The summed E-state index contributed by atoms with van der Waals surface area (Å²) in [5.41, 5.74) is 0.104. The summed E-state index contributed by atoms with van der Waals surface area (Å²) in [4.78, 5) is 10.4. The molecule has 1 rings (SSSR count). The minimum absolute atomic E-state index is 0.0547. The van der Waals surface area contributed by atoms with E-state index in [0.29, 0.717) is 12.3 Å². The molecule has 0 atom stereocenters. The predicted octanol–water partition coefficient (Wildman–Crippen LogP) is 2.82. The van der Waals surface area contributed by atoms with E-state index in [2.05, 4.69) is 11.2 Å². The van der Waals surface area contributed by atoms with E-state index in [-0.39, 0.29) is 11.4 Å². The number of terminal acetylenes is 1. The summed E-state index contributed by atoms with van der Waals surface area (Å²) in [5.74, 6) is 2.83. The highest BCUT2D eigenvalue weighted by Gasteiger charge is 2.18. The van der Waals surface area contributed by atoms with Crippen molar-refractivity contribution < 1.29 is 9.66 Å². The number of nitro groups is 1. The van der Waals surface area contributed by atoms with Crippen LogP contribution in [0.5, 0.6) is 5.75 Å². The van der Waals surface area contributed by atoms with Crippen molar-refractivity contribution in [3.8, 4) is 18.1 Å². The van der Waals surface area contributed by atoms with Crippen LogP contribution in [-0.2, 0) is 0 Å². The van der Waals surface area contributed by atoms with Crippen LogP contribution in [-0.4, -0.2) is 17.1 Å². The monoisotopic (exact) mass is 248 g/mol. The molecule has 1 aromatic rings. The Labute approximate surface area is 106 Å². The Morgan fingerprint density at radius 1 is 1.56 bits per heavy atom. The van der Waals surface area contributed by atoms with Crippen molar-refractivity contribution in [2.24, 2.45) is 0 Å². The highest BCUT2D eigenvalue weighted by molar-refractivity contribution is 5.59. The normalized spacial score (nSPS) is 10.6. The van der Waals surface area contributed by atoms with Gasteiger partial charge < -0.3 is 10.1 Å². The van der Waals surface area contributed by atoms with Gasteiger partial charge in [-0.25, -0.2) is 0 Å². The number of hydrogen-bond acceptors (Lipinski definition) is 4. The summed E-state index contributed by atoms with van der Waals surface area (Å²) in [5, 5.41) is 13.9. The molecule has 0 aliphatic carbocycles. The fourth-order valence-electron chi connectivity index (χ4n) is 1.41. The van der Waals surface area contributed by atoms with Crippen molar-refractivity contribution in [3.63, 3.8) is 0 Å². The zero-order chi connectivity index (χ0) is 13.8. The van der Waals surface area contributed by atoms with E-state index in [0.717, 1.165) is 0 Å². The average Bonchev–Trinajstić information content (AvgIpc) is 2.29. The fraction of sp³-hybridized carbons (Fsp3) is 0.385. The third-order valence-corrected chi connectivity index (χ3v) is 2.27. The van der Waals surface area contributed by atoms with Crippen LogP contribution in [0.3, 0.4) is 0 Å². The Morgan fingerprint density at radius 2 is 2.22 bits per heavy atom. The molecule has 1 aromatic carbocycles. The van der Waals surface area contributed by atoms with Gasteiger partial charge in [0.05, 0.1) is 17.1 Å². The predicted molar refractivity (Wildman–Crippen MR) is 70.8 cm³/mol. The summed E-state index contributed by atoms with van der Waals surface area (Å²) >= 11 is 0. The van der Waals surface area contributed by atoms with E-state index in [1.165, 1.54) is 6.07 Å². The minimum Gasteiger partial charge on any atom is -0.487 e. The van der Waals surface area contributed by atoms with Crippen LogP contribution < -0.4 is 10.1 Å². The Balaban J connectivity index is 3.08. The van der Waals surface area contributed by atoms with E-state index < -0.39 is 10.5 Å². The first-order chi connectivity index (χ1) is 8.39. The molecule has 0 aliphatic rings. The highest BCUT2D eigenvalue weighted by atomic mass is 16.6. The van der Waals surface area contributed by atoms with Gasteiger partial charge in [-0.15, -0.1) is 6.42 Å². The maximum absolute atomic E-state index is 10.8. The van der Waals surface area contributed by atoms with Crippen molar-refractivity contribution in [3.05, 3.63) is 28.3 Å². The molecule has 0 heterocycles. The Kier molecular flexibility index (Phi) is 4.16. The highest BCUT2D eigenvalue weighted by Crippen LogP contribution is 2.31. The molecule has 18 heavy (non-hydrogen) atoms. The van der Waals surface area contributed by atoms with Crippen molar-refractivity contribution in [1.82, 2.24) is 0 Å². The lowest BCUT2D eigenvalue weighted by Crippen LogP contribution is -2.28. The zero-order valence-electron chi connectivity index (χ0n) is 10.7. The molecule has 0 unspecified atom stereocenters. The van der Waals surface area contributed by atoms with Crippen LogP contribution in [0, 0.1) is 22.5 Å². The van der Waals surface area contributed by atoms with Crippen LogP contribution >= 0.6 is 0 Å². The third-order valence-electron chi connectivity index (χ3n) is 2.27. The maximum atomic E-state index is 10.8. The largest absolute Gasteiger partial charge is 0.487 e. The molecular formula is C13H16N2O3. The average molecular weight is 248 g/mol. The van der Waals surface area contributed by atoms with E-state index in [1.807, 2.05) is 13.8 Å². The van der Waals surface area contributed by atoms with Crippen LogP contribution in [0.25, 0.3) is 0 Å². The second-order valence-electron chi connectivity index (χ2n) is 4.27. The summed E-state index contributed by atoms with van der Waals surface area (Å²) in [6.45, 7) is 5.82. The lowest BCUT2D eigenvalue weighted by atomic mass is 10.1. The molecule has 0 bridgehead atoms. The van der Waals surface area contributed by atoms with Crippen molar-refractivity contribution >= 4 is 11.4 Å². The van der Waals surface area contributed by atoms with Gasteiger partial charge in [-0.1, -0.05) is 5.92 Å². The second kappa shape index (κ2) is 5.41. The number of anilines is 1. The zero-order valence-corrected chi connectivity index (χ0v) is 10.7. The van der Waals surface area contributed by atoms with Crippen molar-refractivity contribution in [2.45, 2.75) is 26.3 Å². The number of rotatable bonds is 5. The number of hydrogen-bond donors (Lipinski definition) is 1. The van der Waals surface area contributed by atoms with Crippen molar-refractivity contribution in [2.75, 3.05) is 11.9 Å². The smallest absolute Gasteiger partial charge is 0.311 e. The van der Waals surface area contributed by atoms with Gasteiger partial charge in [0.1, 0.15) is 0 Å². The quantitative estimate of drug-likeness (QED) is 0.494. The third kappa shape index (κ3) is 3.39. The summed E-state index contributed by atoms with van der Waals surface area (Å²) < 4.78 is 5.25. The number of nitrogens with zero attached hydrogens (tertiary/aromatic N) is 1. The van der Waals surface area contributed by atoms with Crippen molar-refractivity contribution in [1.29, 1.82) is 0 Å². The maximum Gasteiger partial charge on any atom is 0.311 e. The lowest BCUT2D eigenvalue weighted by molar-refractivity contribution is -0.385. The van der Waals surface area contributed by atoms with Crippen LogP contribution in [0.2, 0.25) is 0 Å². The number of benzene rings is 1. The molecule has 96 valence electrons. The van der Waals surface area contributed by atoms with Crippen LogP contribution in [0.1, 0.15) is 20.8 Å².